The third-order valence-corrected chi connectivity index (χ3v) is 10.2. The van der Waals surface area contributed by atoms with Crippen molar-refractivity contribution in [2.24, 2.45) is 0 Å². The summed E-state index contributed by atoms with van der Waals surface area (Å²) >= 11 is 25.2. The number of rotatable bonds is 10. The number of hydrogen-bond acceptors (Lipinski definition) is 4. The first-order chi connectivity index (χ1) is 20.0. The molecule has 0 bridgehead atoms. The molecule has 4 rings (SSSR count). The summed E-state index contributed by atoms with van der Waals surface area (Å²) in [6.07, 6.45) is 4.90. The standard InChI is InChI=1S/C30H31Cl4N3O4S/c1-20(30(39)35-24-8-4-2-5-9-24)36(18-21-12-13-22(31)16-27(21)34)29(38)19-37(28-17-23(32)14-15-26(28)33)42(40,41)25-10-6-3-7-11-25/h3,6-7,10-17,20,24H,2,4-5,8-9,18-19H2,1H3,(H,35,39)/t20-/m1/s1. The molecule has 224 valence electrons. The van der Waals surface area contributed by atoms with E-state index in [9.17, 15) is 18.0 Å². The second-order valence-corrected chi connectivity index (χ2v) is 13.7. The Bertz CT molecular complexity index is 1530. The van der Waals surface area contributed by atoms with Crippen molar-refractivity contribution < 1.29 is 18.0 Å². The van der Waals surface area contributed by atoms with Crippen molar-refractivity contribution >= 4 is 73.9 Å². The predicted octanol–water partition coefficient (Wildman–Crippen LogP) is 7.36. The number of nitrogens with zero attached hydrogens (tertiary/aromatic N) is 2. The Morgan fingerprint density at radius 1 is 0.881 bits per heavy atom. The maximum absolute atomic E-state index is 14.1. The van der Waals surface area contributed by atoms with Gasteiger partial charge in [0.1, 0.15) is 12.6 Å². The van der Waals surface area contributed by atoms with Gasteiger partial charge in [-0.05, 0) is 67.8 Å². The Morgan fingerprint density at radius 3 is 2.19 bits per heavy atom. The third-order valence-electron chi connectivity index (χ3n) is 7.26. The van der Waals surface area contributed by atoms with Crippen LogP contribution in [-0.2, 0) is 26.2 Å². The molecule has 7 nitrogen and oxygen atoms in total. The highest BCUT2D eigenvalue weighted by molar-refractivity contribution is 7.92. The van der Waals surface area contributed by atoms with E-state index in [1.807, 2.05) is 0 Å². The largest absolute Gasteiger partial charge is 0.352 e. The smallest absolute Gasteiger partial charge is 0.264 e. The van der Waals surface area contributed by atoms with E-state index in [1.54, 1.807) is 43.3 Å². The first-order valence-electron chi connectivity index (χ1n) is 13.5. The van der Waals surface area contributed by atoms with Gasteiger partial charge in [-0.2, -0.15) is 0 Å². The van der Waals surface area contributed by atoms with E-state index < -0.39 is 28.5 Å². The summed E-state index contributed by atoms with van der Waals surface area (Å²) in [4.78, 5) is 28.8. The minimum Gasteiger partial charge on any atom is -0.352 e. The lowest BCUT2D eigenvalue weighted by atomic mass is 9.95. The lowest BCUT2D eigenvalue weighted by molar-refractivity contribution is -0.139. The van der Waals surface area contributed by atoms with Crippen LogP contribution in [0.5, 0.6) is 0 Å². The Kier molecular flexibility index (Phi) is 11.1. The van der Waals surface area contributed by atoms with Gasteiger partial charge in [0.2, 0.25) is 11.8 Å². The lowest BCUT2D eigenvalue weighted by Gasteiger charge is -2.33. The quantitative estimate of drug-likeness (QED) is 0.244. The molecule has 0 aromatic heterocycles. The van der Waals surface area contributed by atoms with Gasteiger partial charge in [0, 0.05) is 27.7 Å². The zero-order chi connectivity index (χ0) is 30.4. The molecule has 1 saturated carbocycles. The summed E-state index contributed by atoms with van der Waals surface area (Å²) in [5, 5.41) is 4.11. The monoisotopic (exact) mass is 669 g/mol. The Balaban J connectivity index is 1.72. The minimum atomic E-state index is -4.28. The van der Waals surface area contributed by atoms with Crippen molar-refractivity contribution in [2.75, 3.05) is 10.8 Å². The highest BCUT2D eigenvalue weighted by Gasteiger charge is 2.34. The maximum Gasteiger partial charge on any atom is 0.264 e. The van der Waals surface area contributed by atoms with Gasteiger partial charge in [-0.15, -0.1) is 0 Å². The molecule has 1 aliphatic rings. The summed E-state index contributed by atoms with van der Waals surface area (Å²) in [6.45, 7) is 0.905. The fourth-order valence-corrected chi connectivity index (χ4v) is 7.24. The topological polar surface area (TPSA) is 86.8 Å². The van der Waals surface area contributed by atoms with E-state index >= 15 is 0 Å². The number of amides is 2. The van der Waals surface area contributed by atoms with Crippen LogP contribution in [0.15, 0.2) is 71.6 Å². The number of sulfonamides is 1. The summed E-state index contributed by atoms with van der Waals surface area (Å²) < 4.78 is 28.7. The van der Waals surface area contributed by atoms with Gasteiger partial charge in [0.25, 0.3) is 10.0 Å². The van der Waals surface area contributed by atoms with Crippen LogP contribution < -0.4 is 9.62 Å². The summed E-state index contributed by atoms with van der Waals surface area (Å²) in [6, 6.07) is 16.0. The van der Waals surface area contributed by atoms with Gasteiger partial charge in [0.15, 0.2) is 0 Å². The Morgan fingerprint density at radius 2 is 1.52 bits per heavy atom. The summed E-state index contributed by atoms with van der Waals surface area (Å²) in [7, 11) is -4.28. The molecule has 3 aromatic carbocycles. The van der Waals surface area contributed by atoms with Gasteiger partial charge in [-0.1, -0.05) is 89.9 Å². The molecule has 0 aliphatic heterocycles. The zero-order valence-electron chi connectivity index (χ0n) is 22.9. The fraction of sp³-hybridized carbons (Fsp3) is 0.333. The first-order valence-corrected chi connectivity index (χ1v) is 16.5. The molecule has 1 N–H and O–H groups in total. The van der Waals surface area contributed by atoms with Crippen LogP contribution in [-0.4, -0.2) is 43.8 Å². The van der Waals surface area contributed by atoms with E-state index in [0.717, 1.165) is 36.4 Å². The number of carbonyl (C=O) groups excluding carboxylic acids is 2. The summed E-state index contributed by atoms with van der Waals surface area (Å²) in [5.41, 5.74) is 0.579. The fourth-order valence-electron chi connectivity index (χ4n) is 4.89. The van der Waals surface area contributed by atoms with Crippen molar-refractivity contribution in [3.63, 3.8) is 0 Å². The van der Waals surface area contributed by atoms with Crippen LogP contribution in [0.2, 0.25) is 20.1 Å². The first kappa shape index (κ1) is 32.4. The SMILES string of the molecule is C[C@H](C(=O)NC1CCCCC1)N(Cc1ccc(Cl)cc1Cl)C(=O)CN(c1cc(Cl)ccc1Cl)S(=O)(=O)c1ccccc1. The molecule has 1 fully saturated rings. The molecule has 0 radical (unpaired) electrons. The maximum atomic E-state index is 14.1. The summed E-state index contributed by atoms with van der Waals surface area (Å²) in [5.74, 6) is -0.971. The van der Waals surface area contributed by atoms with E-state index in [2.05, 4.69) is 5.32 Å². The van der Waals surface area contributed by atoms with Crippen molar-refractivity contribution in [3.8, 4) is 0 Å². The molecule has 0 saturated heterocycles. The van der Waals surface area contributed by atoms with Gasteiger partial charge >= 0.3 is 0 Å². The third kappa shape index (κ3) is 7.91. The van der Waals surface area contributed by atoms with Crippen LogP contribution in [0, 0.1) is 0 Å². The molecule has 1 aliphatic carbocycles. The average molecular weight is 671 g/mol. The van der Waals surface area contributed by atoms with Gasteiger partial charge in [-0.3, -0.25) is 13.9 Å². The number of benzene rings is 3. The van der Waals surface area contributed by atoms with Crippen LogP contribution in [0.3, 0.4) is 0 Å². The van der Waals surface area contributed by atoms with Crippen molar-refractivity contribution in [2.45, 2.75) is 62.6 Å². The van der Waals surface area contributed by atoms with Gasteiger partial charge in [0.05, 0.1) is 15.6 Å². The molecule has 0 spiro atoms. The molecular weight excluding hydrogens is 640 g/mol. The number of hydrogen-bond donors (Lipinski definition) is 1. The average Bonchev–Trinajstić information content (AvgIpc) is 2.97. The Labute approximate surface area is 266 Å². The molecule has 42 heavy (non-hydrogen) atoms. The van der Waals surface area contributed by atoms with Crippen LogP contribution in [0.1, 0.15) is 44.6 Å². The molecule has 2 amide bonds. The highest BCUT2D eigenvalue weighted by Crippen LogP contribution is 2.33. The second kappa shape index (κ2) is 14.3. The molecule has 1 atom stereocenters. The predicted molar refractivity (Wildman–Crippen MR) is 169 cm³/mol. The minimum absolute atomic E-state index is 0.0185. The van der Waals surface area contributed by atoms with E-state index in [0.29, 0.717) is 15.6 Å². The van der Waals surface area contributed by atoms with E-state index in [1.165, 1.54) is 35.2 Å². The van der Waals surface area contributed by atoms with E-state index in [4.69, 9.17) is 46.4 Å². The van der Waals surface area contributed by atoms with Crippen molar-refractivity contribution in [1.82, 2.24) is 10.2 Å². The highest BCUT2D eigenvalue weighted by atomic mass is 35.5. The normalized spacial score (nSPS) is 14.7. The lowest BCUT2D eigenvalue weighted by Crippen LogP contribution is -2.53. The van der Waals surface area contributed by atoms with Gasteiger partial charge in [-0.25, -0.2) is 8.42 Å². The number of anilines is 1. The Hall–Kier alpha value is -2.49. The molecule has 0 unspecified atom stereocenters. The number of halogens is 4. The number of nitrogens with one attached hydrogen (secondary N) is 1. The van der Waals surface area contributed by atoms with Crippen LogP contribution >= 0.6 is 46.4 Å². The molecule has 3 aromatic rings. The van der Waals surface area contributed by atoms with Crippen molar-refractivity contribution in [1.29, 1.82) is 0 Å². The van der Waals surface area contributed by atoms with Gasteiger partial charge < -0.3 is 10.2 Å². The second-order valence-electron chi connectivity index (χ2n) is 10.2. The number of carbonyl (C=O) groups is 2. The van der Waals surface area contributed by atoms with Crippen LogP contribution in [0.4, 0.5) is 5.69 Å². The van der Waals surface area contributed by atoms with Crippen LogP contribution in [0.25, 0.3) is 0 Å². The zero-order valence-corrected chi connectivity index (χ0v) is 26.7. The van der Waals surface area contributed by atoms with E-state index in [-0.39, 0.29) is 39.1 Å². The molecule has 0 heterocycles. The molecule has 12 heteroatoms. The van der Waals surface area contributed by atoms with Crippen molar-refractivity contribution in [3.05, 3.63) is 92.4 Å². The molecular formula is C30H31Cl4N3O4S.